The minimum absolute atomic E-state index is 0.123. The molecule has 1 aromatic carbocycles. The Morgan fingerprint density at radius 1 is 1.46 bits per heavy atom. The molecule has 0 spiro atoms. The number of rotatable bonds is 6. The lowest BCUT2D eigenvalue weighted by Gasteiger charge is -2.13. The van der Waals surface area contributed by atoms with Crippen molar-refractivity contribution in [3.8, 4) is 16.3 Å². The number of aromatic nitrogens is 1. The molecule has 0 radical (unpaired) electrons. The molecule has 0 unspecified atom stereocenters. The van der Waals surface area contributed by atoms with Gasteiger partial charge >= 0.3 is 0 Å². The van der Waals surface area contributed by atoms with E-state index in [9.17, 15) is 4.79 Å². The third kappa shape index (κ3) is 3.94. The van der Waals surface area contributed by atoms with E-state index in [1.165, 1.54) is 4.88 Å². The van der Waals surface area contributed by atoms with Crippen molar-refractivity contribution in [2.45, 2.75) is 38.7 Å². The van der Waals surface area contributed by atoms with Crippen LogP contribution in [0.25, 0.3) is 10.6 Å². The molecule has 0 saturated carbocycles. The minimum Gasteiger partial charge on any atom is -0.491 e. The highest BCUT2D eigenvalue weighted by Crippen LogP contribution is 2.32. The normalized spacial score (nSPS) is 17.4. The summed E-state index contributed by atoms with van der Waals surface area (Å²) in [6, 6.07) is 5.35. The van der Waals surface area contributed by atoms with Crippen molar-refractivity contribution in [1.29, 1.82) is 0 Å². The molecule has 1 aliphatic rings. The van der Waals surface area contributed by atoms with Crippen molar-refractivity contribution in [2.75, 3.05) is 13.2 Å². The summed E-state index contributed by atoms with van der Waals surface area (Å²) in [6.07, 6.45) is 4.08. The van der Waals surface area contributed by atoms with Crippen LogP contribution >= 0.6 is 11.3 Å². The fraction of sp³-hybridized carbons (Fsp3) is 0.444. The smallest absolute Gasteiger partial charge is 0.248 e. The molecule has 1 aromatic heterocycles. The second kappa shape index (κ2) is 7.32. The second-order valence-corrected chi connectivity index (χ2v) is 7.34. The molecular formula is C18H22N2O3S. The van der Waals surface area contributed by atoms with Crippen LogP contribution in [0.1, 0.15) is 47.8 Å². The summed E-state index contributed by atoms with van der Waals surface area (Å²) >= 11 is 1.62. The first-order chi connectivity index (χ1) is 11.5. The lowest BCUT2D eigenvalue weighted by atomic mass is 10.1. The molecule has 1 atom stereocenters. The summed E-state index contributed by atoms with van der Waals surface area (Å²) in [6.45, 7) is 5.54. The fourth-order valence-corrected chi connectivity index (χ4v) is 3.51. The molecule has 3 rings (SSSR count). The molecule has 24 heavy (non-hydrogen) atoms. The van der Waals surface area contributed by atoms with Crippen molar-refractivity contribution < 1.29 is 14.3 Å². The van der Waals surface area contributed by atoms with E-state index in [1.54, 1.807) is 23.5 Å². The quantitative estimate of drug-likeness (QED) is 0.867. The summed E-state index contributed by atoms with van der Waals surface area (Å²) in [5, 5.41) is 0.865. The maximum Gasteiger partial charge on any atom is 0.248 e. The van der Waals surface area contributed by atoms with E-state index in [4.69, 9.17) is 15.2 Å². The molecule has 1 saturated heterocycles. The van der Waals surface area contributed by atoms with Gasteiger partial charge in [-0.3, -0.25) is 4.79 Å². The van der Waals surface area contributed by atoms with Crippen molar-refractivity contribution in [1.82, 2.24) is 4.98 Å². The van der Waals surface area contributed by atoms with Crippen LogP contribution in [0.4, 0.5) is 0 Å². The average Bonchev–Trinajstić information content (AvgIpc) is 3.24. The number of amides is 1. The zero-order valence-electron chi connectivity index (χ0n) is 14.0. The molecule has 1 fully saturated rings. The molecule has 1 amide bonds. The van der Waals surface area contributed by atoms with Crippen LogP contribution in [-0.4, -0.2) is 30.2 Å². The largest absolute Gasteiger partial charge is 0.491 e. The Hall–Kier alpha value is -1.92. The van der Waals surface area contributed by atoms with Crippen LogP contribution in [0.5, 0.6) is 5.75 Å². The SMILES string of the molecule is CC(C)c1cnc(-c2cc(OC[C@@H]3CCCO3)cc(C(N)=O)c2)s1. The van der Waals surface area contributed by atoms with Crippen LogP contribution in [0.2, 0.25) is 0 Å². The van der Waals surface area contributed by atoms with Gasteiger partial charge in [0.25, 0.3) is 0 Å². The van der Waals surface area contributed by atoms with Gasteiger partial charge in [-0.15, -0.1) is 11.3 Å². The highest BCUT2D eigenvalue weighted by molar-refractivity contribution is 7.15. The summed E-state index contributed by atoms with van der Waals surface area (Å²) in [5.41, 5.74) is 6.74. The standard InChI is InChI=1S/C18H22N2O3S/c1-11(2)16-9-20-18(24-16)13-6-12(17(19)21)7-15(8-13)23-10-14-4-3-5-22-14/h6-9,11,14H,3-5,10H2,1-2H3,(H2,19,21)/t14-/m0/s1. The Morgan fingerprint density at radius 3 is 2.92 bits per heavy atom. The van der Waals surface area contributed by atoms with E-state index in [0.29, 0.717) is 23.8 Å². The van der Waals surface area contributed by atoms with E-state index in [2.05, 4.69) is 18.8 Å². The molecule has 5 nitrogen and oxygen atoms in total. The van der Waals surface area contributed by atoms with E-state index < -0.39 is 5.91 Å². The van der Waals surface area contributed by atoms with E-state index in [-0.39, 0.29) is 6.10 Å². The number of benzene rings is 1. The molecule has 128 valence electrons. The lowest BCUT2D eigenvalue weighted by Crippen LogP contribution is -2.17. The number of carbonyl (C=O) groups excluding carboxylic acids is 1. The molecule has 0 bridgehead atoms. The first-order valence-electron chi connectivity index (χ1n) is 8.18. The van der Waals surface area contributed by atoms with Gasteiger partial charge in [0.05, 0.1) is 6.10 Å². The van der Waals surface area contributed by atoms with Crippen molar-refractivity contribution in [3.05, 3.63) is 34.8 Å². The topological polar surface area (TPSA) is 74.4 Å². The summed E-state index contributed by atoms with van der Waals surface area (Å²) in [4.78, 5) is 17.3. The number of hydrogen-bond acceptors (Lipinski definition) is 5. The van der Waals surface area contributed by atoms with Crippen LogP contribution in [0.15, 0.2) is 24.4 Å². The van der Waals surface area contributed by atoms with E-state index >= 15 is 0 Å². The molecule has 2 heterocycles. The first kappa shape index (κ1) is 16.9. The van der Waals surface area contributed by atoms with Gasteiger partial charge in [-0.1, -0.05) is 13.8 Å². The third-order valence-corrected chi connectivity index (χ3v) is 5.34. The number of thiazole rings is 1. The zero-order chi connectivity index (χ0) is 17.1. The highest BCUT2D eigenvalue weighted by Gasteiger charge is 2.17. The van der Waals surface area contributed by atoms with Gasteiger partial charge in [-0.25, -0.2) is 4.98 Å². The van der Waals surface area contributed by atoms with Crippen molar-refractivity contribution >= 4 is 17.2 Å². The summed E-state index contributed by atoms with van der Waals surface area (Å²) < 4.78 is 11.4. The van der Waals surface area contributed by atoms with Crippen LogP contribution in [-0.2, 0) is 4.74 Å². The maximum absolute atomic E-state index is 11.6. The number of carbonyl (C=O) groups is 1. The zero-order valence-corrected chi connectivity index (χ0v) is 14.8. The predicted octanol–water partition coefficient (Wildman–Crippen LogP) is 3.59. The van der Waals surface area contributed by atoms with Crippen molar-refractivity contribution in [3.63, 3.8) is 0 Å². The predicted molar refractivity (Wildman–Crippen MR) is 94.6 cm³/mol. The lowest BCUT2D eigenvalue weighted by molar-refractivity contribution is 0.0679. The second-order valence-electron chi connectivity index (χ2n) is 6.28. The Bertz CT molecular complexity index is 721. The molecular weight excluding hydrogens is 324 g/mol. The Morgan fingerprint density at radius 2 is 2.29 bits per heavy atom. The Balaban J connectivity index is 1.85. The van der Waals surface area contributed by atoms with Crippen molar-refractivity contribution in [2.24, 2.45) is 5.73 Å². The van der Waals surface area contributed by atoms with Gasteiger partial charge in [0.1, 0.15) is 17.4 Å². The highest BCUT2D eigenvalue weighted by atomic mass is 32.1. The molecule has 2 aromatic rings. The fourth-order valence-electron chi connectivity index (χ4n) is 2.60. The van der Waals surface area contributed by atoms with Gasteiger partial charge in [-0.2, -0.15) is 0 Å². The molecule has 6 heteroatoms. The van der Waals surface area contributed by atoms with E-state index in [0.717, 1.165) is 30.0 Å². The van der Waals surface area contributed by atoms with E-state index in [1.807, 2.05) is 12.3 Å². The number of ether oxygens (including phenoxy) is 2. The maximum atomic E-state index is 11.6. The number of primary amides is 1. The number of nitrogens with two attached hydrogens (primary N) is 1. The molecule has 1 aliphatic heterocycles. The summed E-state index contributed by atoms with van der Waals surface area (Å²) in [5.74, 6) is 0.573. The van der Waals surface area contributed by atoms with Gasteiger partial charge in [-0.05, 0) is 37.0 Å². The molecule has 2 N–H and O–H groups in total. The van der Waals surface area contributed by atoms with Gasteiger partial charge in [0.15, 0.2) is 0 Å². The first-order valence-corrected chi connectivity index (χ1v) is 9.00. The number of nitrogens with zero attached hydrogens (tertiary/aromatic N) is 1. The Kier molecular flexibility index (Phi) is 5.16. The monoisotopic (exact) mass is 346 g/mol. The van der Waals surface area contributed by atoms with Gasteiger partial charge < -0.3 is 15.2 Å². The number of hydrogen-bond donors (Lipinski definition) is 1. The van der Waals surface area contributed by atoms with Gasteiger partial charge in [0.2, 0.25) is 5.91 Å². The third-order valence-electron chi connectivity index (χ3n) is 3.99. The average molecular weight is 346 g/mol. The van der Waals surface area contributed by atoms with Crippen LogP contribution in [0.3, 0.4) is 0 Å². The molecule has 0 aliphatic carbocycles. The van der Waals surface area contributed by atoms with Gasteiger partial charge in [0, 0.05) is 28.8 Å². The van der Waals surface area contributed by atoms with Crippen LogP contribution < -0.4 is 10.5 Å². The Labute approximate surface area is 145 Å². The minimum atomic E-state index is -0.473. The van der Waals surface area contributed by atoms with Crippen LogP contribution in [0, 0.1) is 0 Å². The summed E-state index contributed by atoms with van der Waals surface area (Å²) in [7, 11) is 0.